The molecule has 110 valence electrons. The predicted octanol–water partition coefficient (Wildman–Crippen LogP) is 3.90. The minimum Gasteiger partial charge on any atom is -0.277 e. The van der Waals surface area contributed by atoms with Gasteiger partial charge in [-0.05, 0) is 37.1 Å². The molecule has 0 bridgehead atoms. The van der Waals surface area contributed by atoms with Crippen molar-refractivity contribution in [2.24, 2.45) is 0 Å². The van der Waals surface area contributed by atoms with Crippen molar-refractivity contribution in [3.63, 3.8) is 0 Å². The molecule has 22 heavy (non-hydrogen) atoms. The Morgan fingerprint density at radius 1 is 0.636 bits per heavy atom. The highest BCUT2D eigenvalue weighted by Crippen LogP contribution is 2.48. The lowest BCUT2D eigenvalue weighted by atomic mass is 10.2. The van der Waals surface area contributed by atoms with Gasteiger partial charge in [0.15, 0.2) is 0 Å². The van der Waals surface area contributed by atoms with Crippen molar-refractivity contribution in [3.05, 3.63) is 48.5 Å². The highest BCUT2D eigenvalue weighted by molar-refractivity contribution is 6.16. The maximum Gasteiger partial charge on any atom is 0.231 e. The minimum absolute atomic E-state index is 0.128. The van der Waals surface area contributed by atoms with Crippen LogP contribution < -0.4 is 9.80 Å². The predicted molar refractivity (Wildman–Crippen MR) is 85.6 cm³/mol. The fourth-order valence-electron chi connectivity index (χ4n) is 2.92. The Bertz CT molecular complexity index is 658. The lowest BCUT2D eigenvalue weighted by Crippen LogP contribution is -2.14. The second-order valence-corrected chi connectivity index (χ2v) is 5.64. The molecule has 2 aliphatic rings. The van der Waals surface area contributed by atoms with E-state index in [0.29, 0.717) is 12.8 Å². The van der Waals surface area contributed by atoms with Gasteiger partial charge in [0, 0.05) is 12.8 Å². The Morgan fingerprint density at radius 3 is 1.27 bits per heavy atom. The van der Waals surface area contributed by atoms with Gasteiger partial charge < -0.3 is 0 Å². The van der Waals surface area contributed by atoms with Crippen molar-refractivity contribution in [3.8, 4) is 0 Å². The first-order valence-electron chi connectivity index (χ1n) is 7.61. The van der Waals surface area contributed by atoms with E-state index >= 15 is 0 Å². The summed E-state index contributed by atoms with van der Waals surface area (Å²) in [6, 6.07) is 15.6. The molecule has 4 heteroatoms. The van der Waals surface area contributed by atoms with Crippen LogP contribution in [-0.2, 0) is 9.59 Å². The molecule has 0 unspecified atom stereocenters. The van der Waals surface area contributed by atoms with E-state index in [1.165, 1.54) is 0 Å². The second kappa shape index (κ2) is 4.98. The maximum absolute atomic E-state index is 12.1. The largest absolute Gasteiger partial charge is 0.277 e. The van der Waals surface area contributed by atoms with Crippen LogP contribution in [0.15, 0.2) is 48.5 Å². The molecule has 0 aromatic heterocycles. The second-order valence-electron chi connectivity index (χ2n) is 5.64. The first kappa shape index (κ1) is 13.1. The van der Waals surface area contributed by atoms with Crippen LogP contribution in [0.4, 0.5) is 22.7 Å². The van der Waals surface area contributed by atoms with Gasteiger partial charge in [0.2, 0.25) is 11.8 Å². The number of unbranched alkanes of at least 4 members (excludes halogenated alkanes) is 1. The van der Waals surface area contributed by atoms with Gasteiger partial charge in [-0.1, -0.05) is 24.3 Å². The van der Waals surface area contributed by atoms with E-state index < -0.39 is 0 Å². The summed E-state index contributed by atoms with van der Waals surface area (Å²) < 4.78 is 0. The zero-order chi connectivity index (χ0) is 15.1. The lowest BCUT2D eigenvalue weighted by Gasteiger charge is -2.03. The van der Waals surface area contributed by atoms with Gasteiger partial charge in [0.25, 0.3) is 0 Å². The van der Waals surface area contributed by atoms with Crippen LogP contribution in [0, 0.1) is 0 Å². The lowest BCUT2D eigenvalue weighted by molar-refractivity contribution is -0.119. The molecule has 0 N–H and O–H groups in total. The Labute approximate surface area is 129 Å². The van der Waals surface area contributed by atoms with E-state index in [1.54, 1.807) is 9.80 Å². The summed E-state index contributed by atoms with van der Waals surface area (Å²) in [7, 11) is 0. The van der Waals surface area contributed by atoms with Gasteiger partial charge in [-0.15, -0.1) is 0 Å². The van der Waals surface area contributed by atoms with E-state index in [-0.39, 0.29) is 11.8 Å². The molecule has 2 amide bonds. The molecule has 2 aliphatic heterocycles. The van der Waals surface area contributed by atoms with E-state index in [2.05, 4.69) is 0 Å². The van der Waals surface area contributed by atoms with Gasteiger partial charge in [-0.3, -0.25) is 19.4 Å². The van der Waals surface area contributed by atoms with Crippen molar-refractivity contribution in [1.29, 1.82) is 0 Å². The number of anilines is 4. The first-order valence-corrected chi connectivity index (χ1v) is 7.61. The molecule has 0 saturated heterocycles. The fourth-order valence-corrected chi connectivity index (χ4v) is 2.92. The summed E-state index contributed by atoms with van der Waals surface area (Å²) in [5.41, 5.74) is 4.07. The Kier molecular flexibility index (Phi) is 2.96. The number of carbonyl (C=O) groups excluding carboxylic acids is 2. The third kappa shape index (κ3) is 2.17. The van der Waals surface area contributed by atoms with E-state index in [1.807, 2.05) is 48.5 Å². The molecule has 2 heterocycles. The molecule has 0 spiro atoms. The number of para-hydroxylation sites is 4. The minimum atomic E-state index is 0.128. The van der Waals surface area contributed by atoms with Crippen LogP contribution in [0.1, 0.15) is 25.7 Å². The molecule has 2 aromatic rings. The third-order valence-electron chi connectivity index (χ3n) is 4.16. The number of benzene rings is 2. The van der Waals surface area contributed by atoms with Crippen molar-refractivity contribution < 1.29 is 9.59 Å². The zero-order valence-electron chi connectivity index (χ0n) is 12.2. The average Bonchev–Trinajstić information content (AvgIpc) is 3.42. The summed E-state index contributed by atoms with van der Waals surface area (Å²) in [6.07, 6.45) is 2.49. The normalized spacial score (nSPS) is 13.5. The fraction of sp³-hybridized carbons (Fsp3) is 0.222. The van der Waals surface area contributed by atoms with Crippen molar-refractivity contribution in [2.45, 2.75) is 25.7 Å². The highest BCUT2D eigenvalue weighted by Gasteiger charge is 2.34. The summed E-state index contributed by atoms with van der Waals surface area (Å²) in [5, 5.41) is 0. The smallest absolute Gasteiger partial charge is 0.231 e. The van der Waals surface area contributed by atoms with Crippen LogP contribution in [-0.4, -0.2) is 11.8 Å². The van der Waals surface area contributed by atoms with E-state index in [0.717, 1.165) is 35.6 Å². The molecule has 4 rings (SSSR count). The van der Waals surface area contributed by atoms with Gasteiger partial charge >= 0.3 is 0 Å². The van der Waals surface area contributed by atoms with Crippen LogP contribution in [0.3, 0.4) is 0 Å². The molecule has 2 aromatic carbocycles. The summed E-state index contributed by atoms with van der Waals surface area (Å²) >= 11 is 0. The Balaban J connectivity index is 1.19. The summed E-state index contributed by atoms with van der Waals surface area (Å²) in [4.78, 5) is 27.6. The van der Waals surface area contributed by atoms with Gasteiger partial charge in [-0.25, -0.2) is 0 Å². The molecular formula is C18H16N2O2. The Morgan fingerprint density at radius 2 is 0.955 bits per heavy atom. The number of amides is 2. The molecule has 4 nitrogen and oxygen atoms in total. The Hall–Kier alpha value is -2.62. The molecule has 0 saturated carbocycles. The average molecular weight is 292 g/mol. The highest BCUT2D eigenvalue weighted by atomic mass is 16.2. The number of hydrogen-bond donors (Lipinski definition) is 0. The standard InChI is InChI=1S/C18H16N2O2/c21-17(19-13-7-1-2-8-14(13)19)11-5-6-12-18(22)20-15-9-3-4-10-16(15)20/h1-4,7-10H,5-6,11-12H2. The quantitative estimate of drug-likeness (QED) is 0.619. The first-order chi connectivity index (χ1) is 10.8. The van der Waals surface area contributed by atoms with Crippen LogP contribution in [0.25, 0.3) is 0 Å². The third-order valence-corrected chi connectivity index (χ3v) is 4.16. The molecule has 0 aliphatic carbocycles. The van der Waals surface area contributed by atoms with Crippen LogP contribution >= 0.6 is 0 Å². The SMILES string of the molecule is O=C(CCCCC(=O)N1c2ccccc21)N1c2ccccc21. The van der Waals surface area contributed by atoms with Gasteiger partial charge in [0.05, 0.1) is 22.7 Å². The summed E-state index contributed by atoms with van der Waals surface area (Å²) in [5.74, 6) is 0.257. The number of fused-ring (bicyclic) bond motifs is 2. The molecular weight excluding hydrogens is 276 g/mol. The molecule has 0 fully saturated rings. The number of hydrogen-bond acceptors (Lipinski definition) is 2. The van der Waals surface area contributed by atoms with Crippen molar-refractivity contribution >= 4 is 34.6 Å². The van der Waals surface area contributed by atoms with Crippen LogP contribution in [0.5, 0.6) is 0 Å². The number of carbonyl (C=O) groups is 2. The monoisotopic (exact) mass is 292 g/mol. The number of rotatable bonds is 5. The van der Waals surface area contributed by atoms with Gasteiger partial charge in [-0.2, -0.15) is 0 Å². The van der Waals surface area contributed by atoms with Crippen molar-refractivity contribution in [1.82, 2.24) is 0 Å². The van der Waals surface area contributed by atoms with E-state index in [4.69, 9.17) is 0 Å². The number of nitrogens with zero attached hydrogens (tertiary/aromatic N) is 2. The zero-order valence-corrected chi connectivity index (χ0v) is 12.2. The maximum atomic E-state index is 12.1. The summed E-state index contributed by atoms with van der Waals surface area (Å²) in [6.45, 7) is 0. The van der Waals surface area contributed by atoms with Gasteiger partial charge in [0.1, 0.15) is 0 Å². The van der Waals surface area contributed by atoms with Crippen molar-refractivity contribution in [2.75, 3.05) is 9.80 Å². The molecule has 0 radical (unpaired) electrons. The topological polar surface area (TPSA) is 40.2 Å². The molecule has 0 atom stereocenters. The van der Waals surface area contributed by atoms with E-state index in [9.17, 15) is 9.59 Å². The van der Waals surface area contributed by atoms with Crippen LogP contribution in [0.2, 0.25) is 0 Å².